The molecule has 2 aromatic carbocycles. The van der Waals surface area contributed by atoms with Crippen molar-refractivity contribution in [2.45, 2.75) is 10.9 Å². The summed E-state index contributed by atoms with van der Waals surface area (Å²) in [4.78, 5) is 28.1. The lowest BCUT2D eigenvalue weighted by Crippen LogP contribution is -1.95. The van der Waals surface area contributed by atoms with Crippen LogP contribution in [0.3, 0.4) is 0 Å². The zero-order valence-corrected chi connectivity index (χ0v) is 14.3. The first-order chi connectivity index (χ1) is 11.4. The molecule has 0 spiro atoms. The van der Waals surface area contributed by atoms with Crippen LogP contribution in [0.25, 0.3) is 11.0 Å². The summed E-state index contributed by atoms with van der Waals surface area (Å²) in [6.07, 6.45) is 0. The number of non-ortho nitro benzene ring substituents is 2. The number of nitrogens with zero attached hydrogens (tertiary/aromatic N) is 3. The Bertz CT molecular complexity index is 927. The van der Waals surface area contributed by atoms with Crippen molar-refractivity contribution in [3.63, 3.8) is 0 Å². The van der Waals surface area contributed by atoms with E-state index in [-0.39, 0.29) is 11.4 Å². The van der Waals surface area contributed by atoms with Crippen LogP contribution in [0.4, 0.5) is 11.4 Å². The third-order valence-corrected chi connectivity index (χ3v) is 4.62. The van der Waals surface area contributed by atoms with Crippen LogP contribution >= 0.6 is 27.7 Å². The number of aromatic amines is 1. The minimum Gasteiger partial charge on any atom is -0.333 e. The molecule has 122 valence electrons. The van der Waals surface area contributed by atoms with E-state index in [0.717, 1.165) is 21.6 Å². The van der Waals surface area contributed by atoms with Crippen LogP contribution in [0.2, 0.25) is 0 Å². The van der Waals surface area contributed by atoms with Gasteiger partial charge in [-0.15, -0.1) is 0 Å². The molecule has 0 saturated heterocycles. The number of halogens is 1. The number of fused-ring (bicyclic) bond motifs is 1. The van der Waals surface area contributed by atoms with Crippen LogP contribution < -0.4 is 0 Å². The second-order valence-corrected chi connectivity index (χ2v) is 6.74. The molecule has 1 aromatic heterocycles. The van der Waals surface area contributed by atoms with E-state index in [1.54, 1.807) is 0 Å². The molecule has 0 bridgehead atoms. The predicted molar refractivity (Wildman–Crippen MR) is 93.1 cm³/mol. The third-order valence-electron chi connectivity index (χ3n) is 3.18. The van der Waals surface area contributed by atoms with Crippen molar-refractivity contribution in [3.8, 4) is 0 Å². The zero-order chi connectivity index (χ0) is 17.3. The largest absolute Gasteiger partial charge is 0.333 e. The monoisotopic (exact) mass is 408 g/mol. The van der Waals surface area contributed by atoms with Gasteiger partial charge in [0, 0.05) is 22.4 Å². The van der Waals surface area contributed by atoms with E-state index in [9.17, 15) is 20.2 Å². The second-order valence-electron chi connectivity index (χ2n) is 4.86. The number of benzene rings is 2. The number of H-pyrrole nitrogens is 1. The highest BCUT2D eigenvalue weighted by Crippen LogP contribution is 2.28. The second kappa shape index (κ2) is 6.57. The van der Waals surface area contributed by atoms with Gasteiger partial charge in [-0.3, -0.25) is 20.2 Å². The maximum Gasteiger partial charge on any atom is 0.276 e. The number of hydrogen-bond donors (Lipinski definition) is 1. The number of nitrogens with one attached hydrogen (secondary N) is 1. The molecule has 10 heteroatoms. The van der Waals surface area contributed by atoms with Crippen molar-refractivity contribution in [2.24, 2.45) is 0 Å². The summed E-state index contributed by atoms with van der Waals surface area (Å²) in [5.74, 6) is 0.323. The molecular formula is C14H9BrN4O4S. The van der Waals surface area contributed by atoms with Crippen LogP contribution in [0.5, 0.6) is 0 Å². The van der Waals surface area contributed by atoms with Gasteiger partial charge < -0.3 is 4.98 Å². The van der Waals surface area contributed by atoms with Gasteiger partial charge in [-0.25, -0.2) is 4.98 Å². The number of nitro benzene ring substituents is 2. The van der Waals surface area contributed by atoms with E-state index in [2.05, 4.69) is 25.9 Å². The summed E-state index contributed by atoms with van der Waals surface area (Å²) in [7, 11) is 0. The summed E-state index contributed by atoms with van der Waals surface area (Å²) in [6.45, 7) is 0. The Morgan fingerprint density at radius 1 is 1.08 bits per heavy atom. The molecule has 0 aliphatic carbocycles. The SMILES string of the molecule is O=[N+]([O-])c1cc(CSc2nc3ccc(Br)cc3[nH]2)cc([N+](=O)[O-])c1. The molecule has 0 aliphatic rings. The topological polar surface area (TPSA) is 115 Å². The lowest BCUT2D eigenvalue weighted by atomic mass is 10.2. The molecule has 0 atom stereocenters. The molecule has 0 unspecified atom stereocenters. The van der Waals surface area contributed by atoms with Gasteiger partial charge in [-0.05, 0) is 23.8 Å². The Balaban J connectivity index is 1.84. The van der Waals surface area contributed by atoms with Crippen molar-refractivity contribution < 1.29 is 9.85 Å². The maximum absolute atomic E-state index is 10.9. The number of aromatic nitrogens is 2. The van der Waals surface area contributed by atoms with Crippen LogP contribution in [0.15, 0.2) is 46.0 Å². The van der Waals surface area contributed by atoms with Gasteiger partial charge in [0.2, 0.25) is 0 Å². The fraction of sp³-hybridized carbons (Fsp3) is 0.0714. The number of thioether (sulfide) groups is 1. The van der Waals surface area contributed by atoms with Crippen molar-refractivity contribution in [1.82, 2.24) is 9.97 Å². The van der Waals surface area contributed by atoms with E-state index in [1.807, 2.05) is 18.2 Å². The van der Waals surface area contributed by atoms with Crippen molar-refractivity contribution in [3.05, 3.63) is 66.7 Å². The summed E-state index contributed by atoms with van der Waals surface area (Å²) >= 11 is 4.70. The van der Waals surface area contributed by atoms with Gasteiger partial charge in [0.25, 0.3) is 11.4 Å². The Labute approximate surface area is 147 Å². The van der Waals surface area contributed by atoms with Crippen molar-refractivity contribution in [2.75, 3.05) is 0 Å². The molecular weight excluding hydrogens is 400 g/mol. The van der Waals surface area contributed by atoms with Gasteiger partial charge >= 0.3 is 0 Å². The van der Waals surface area contributed by atoms with Gasteiger partial charge in [-0.1, -0.05) is 27.7 Å². The summed E-state index contributed by atoms with van der Waals surface area (Å²) < 4.78 is 0.921. The Hall–Kier alpha value is -2.46. The Morgan fingerprint density at radius 2 is 1.75 bits per heavy atom. The molecule has 3 aromatic rings. The predicted octanol–water partition coefficient (Wildman–Crippen LogP) is 4.43. The molecule has 0 aliphatic heterocycles. The lowest BCUT2D eigenvalue weighted by Gasteiger charge is -2.00. The summed E-state index contributed by atoms with van der Waals surface area (Å²) in [5.41, 5.74) is 1.55. The van der Waals surface area contributed by atoms with Crippen LogP contribution in [0.1, 0.15) is 5.56 Å². The molecule has 0 radical (unpaired) electrons. The molecule has 0 fully saturated rings. The number of nitro groups is 2. The van der Waals surface area contributed by atoms with E-state index < -0.39 is 9.85 Å². The number of hydrogen-bond acceptors (Lipinski definition) is 6. The minimum absolute atomic E-state index is 0.298. The fourth-order valence-corrected chi connectivity index (χ4v) is 3.31. The van der Waals surface area contributed by atoms with Crippen molar-refractivity contribution in [1.29, 1.82) is 0 Å². The third kappa shape index (κ3) is 3.54. The van der Waals surface area contributed by atoms with E-state index >= 15 is 0 Å². The average Bonchev–Trinajstić information content (AvgIpc) is 2.94. The van der Waals surface area contributed by atoms with Crippen LogP contribution in [-0.2, 0) is 5.75 Å². The smallest absolute Gasteiger partial charge is 0.276 e. The maximum atomic E-state index is 10.9. The zero-order valence-electron chi connectivity index (χ0n) is 11.9. The Morgan fingerprint density at radius 3 is 2.38 bits per heavy atom. The van der Waals surface area contributed by atoms with Crippen molar-refractivity contribution >= 4 is 50.1 Å². The average molecular weight is 409 g/mol. The summed E-state index contributed by atoms with van der Waals surface area (Å²) in [6, 6.07) is 9.25. The highest BCUT2D eigenvalue weighted by atomic mass is 79.9. The van der Waals surface area contributed by atoms with E-state index in [0.29, 0.717) is 16.5 Å². The molecule has 0 saturated carbocycles. The summed E-state index contributed by atoms with van der Waals surface area (Å²) in [5, 5.41) is 22.4. The molecule has 1 heterocycles. The van der Waals surface area contributed by atoms with Gasteiger partial charge in [0.15, 0.2) is 5.16 Å². The first-order valence-electron chi connectivity index (χ1n) is 6.63. The highest BCUT2D eigenvalue weighted by Gasteiger charge is 2.16. The quantitative estimate of drug-likeness (QED) is 0.379. The van der Waals surface area contributed by atoms with E-state index in [1.165, 1.54) is 23.9 Å². The molecule has 8 nitrogen and oxygen atoms in total. The Kier molecular flexibility index (Phi) is 4.49. The molecule has 1 N–H and O–H groups in total. The van der Waals surface area contributed by atoms with E-state index in [4.69, 9.17) is 0 Å². The fourth-order valence-electron chi connectivity index (χ4n) is 2.13. The molecule has 3 rings (SSSR count). The highest BCUT2D eigenvalue weighted by molar-refractivity contribution is 9.10. The lowest BCUT2D eigenvalue weighted by molar-refractivity contribution is -0.394. The van der Waals surface area contributed by atoms with Gasteiger partial charge in [0.05, 0.1) is 26.9 Å². The first kappa shape index (κ1) is 16.4. The standard InChI is InChI=1S/C14H9BrN4O4S/c15-9-1-2-12-13(5-9)17-14(16-12)24-7-8-3-10(18(20)21)6-11(4-8)19(22)23/h1-6H,7H2,(H,16,17). The molecule has 24 heavy (non-hydrogen) atoms. The molecule has 0 amide bonds. The number of rotatable bonds is 5. The van der Waals surface area contributed by atoms with Crippen LogP contribution in [-0.4, -0.2) is 19.8 Å². The van der Waals surface area contributed by atoms with Crippen LogP contribution in [0, 0.1) is 20.2 Å². The first-order valence-corrected chi connectivity index (χ1v) is 8.41. The van der Waals surface area contributed by atoms with Gasteiger partial charge in [-0.2, -0.15) is 0 Å². The normalized spacial score (nSPS) is 10.9. The van der Waals surface area contributed by atoms with Gasteiger partial charge in [0.1, 0.15) is 0 Å². The number of imidazole rings is 1. The minimum atomic E-state index is -0.639.